The lowest BCUT2D eigenvalue weighted by molar-refractivity contribution is 0.0663. The summed E-state index contributed by atoms with van der Waals surface area (Å²) in [5, 5.41) is 2.43. The lowest BCUT2D eigenvalue weighted by Gasteiger charge is -2.32. The van der Waals surface area contributed by atoms with Crippen LogP contribution in [0.15, 0.2) is 59.7 Å². The van der Waals surface area contributed by atoms with Gasteiger partial charge in [-0.25, -0.2) is 9.78 Å². The van der Waals surface area contributed by atoms with E-state index >= 15 is 0 Å². The molecule has 0 radical (unpaired) electrons. The second-order valence-electron chi connectivity index (χ2n) is 7.41. The summed E-state index contributed by atoms with van der Waals surface area (Å²) >= 11 is 0. The van der Waals surface area contributed by atoms with E-state index < -0.39 is 11.7 Å². The second-order valence-corrected chi connectivity index (χ2v) is 7.41. The van der Waals surface area contributed by atoms with Gasteiger partial charge in [-0.2, -0.15) is 0 Å². The summed E-state index contributed by atoms with van der Waals surface area (Å²) in [6, 6.07) is 12.5. The molecule has 160 valence electrons. The van der Waals surface area contributed by atoms with Crippen molar-refractivity contribution < 1.29 is 14.3 Å². The van der Waals surface area contributed by atoms with E-state index in [1.807, 2.05) is 37.4 Å². The third-order valence-electron chi connectivity index (χ3n) is 5.19. The Labute approximate surface area is 178 Å². The van der Waals surface area contributed by atoms with Crippen LogP contribution in [0, 0.1) is 0 Å². The predicted molar refractivity (Wildman–Crippen MR) is 115 cm³/mol. The van der Waals surface area contributed by atoms with Crippen LogP contribution in [0.4, 0.5) is 10.5 Å². The van der Waals surface area contributed by atoms with Gasteiger partial charge in [0.2, 0.25) is 0 Å². The average molecular weight is 421 g/mol. The number of pyridine rings is 1. The molecule has 9 nitrogen and oxygen atoms in total. The van der Waals surface area contributed by atoms with Crippen molar-refractivity contribution in [3.05, 3.63) is 76.3 Å². The Morgan fingerprint density at radius 2 is 1.81 bits per heavy atom. The molecule has 1 N–H and O–H groups in total. The topological polar surface area (TPSA) is 96.2 Å². The van der Waals surface area contributed by atoms with Crippen LogP contribution in [0.25, 0.3) is 5.65 Å². The number of amides is 2. The van der Waals surface area contributed by atoms with Gasteiger partial charge in [0.15, 0.2) is 0 Å². The summed E-state index contributed by atoms with van der Waals surface area (Å²) in [7, 11) is 2.02. The number of hydrogen-bond acceptors (Lipinski definition) is 6. The minimum atomic E-state index is -0.757. The molecule has 3 aromatic rings. The monoisotopic (exact) mass is 421 g/mol. The largest absolute Gasteiger partial charge is 0.444 e. The molecule has 1 aromatic carbocycles. The number of benzene rings is 1. The number of anilines is 1. The first-order valence-corrected chi connectivity index (χ1v) is 9.98. The van der Waals surface area contributed by atoms with Crippen LogP contribution >= 0.6 is 0 Å². The summed E-state index contributed by atoms with van der Waals surface area (Å²) in [5.41, 5.74) is 1.08. The SMILES string of the molecule is CN1CCN(C(=O)c2ccc3ncc(NC(=O)OCc4ccccc4)c(=O)n3c2)CC1. The minimum Gasteiger partial charge on any atom is -0.444 e. The van der Waals surface area contributed by atoms with Crippen LogP contribution < -0.4 is 10.9 Å². The summed E-state index contributed by atoms with van der Waals surface area (Å²) in [6.07, 6.45) is 1.99. The molecule has 0 atom stereocenters. The van der Waals surface area contributed by atoms with Gasteiger partial charge in [0, 0.05) is 32.4 Å². The molecule has 9 heteroatoms. The average Bonchev–Trinajstić information content (AvgIpc) is 2.80. The zero-order valence-electron chi connectivity index (χ0n) is 17.2. The van der Waals surface area contributed by atoms with Gasteiger partial charge in [-0.1, -0.05) is 30.3 Å². The molecular weight excluding hydrogens is 398 g/mol. The van der Waals surface area contributed by atoms with Crippen LogP contribution in [0.3, 0.4) is 0 Å². The Kier molecular flexibility index (Phi) is 5.94. The molecule has 0 saturated carbocycles. The van der Waals surface area contributed by atoms with E-state index in [1.54, 1.807) is 17.0 Å². The van der Waals surface area contributed by atoms with E-state index in [1.165, 1.54) is 16.8 Å². The number of hydrogen-bond donors (Lipinski definition) is 1. The summed E-state index contributed by atoms with van der Waals surface area (Å²) < 4.78 is 6.42. The molecule has 0 unspecified atom stereocenters. The minimum absolute atomic E-state index is 0.0280. The van der Waals surface area contributed by atoms with Crippen molar-refractivity contribution in [3.8, 4) is 0 Å². The molecule has 31 heavy (non-hydrogen) atoms. The first kappa shape index (κ1) is 20.5. The fourth-order valence-corrected chi connectivity index (χ4v) is 3.35. The first-order chi connectivity index (χ1) is 15.0. The predicted octanol–water partition coefficient (Wildman–Crippen LogP) is 1.83. The fraction of sp³-hybridized carbons (Fsp3) is 0.273. The maximum absolute atomic E-state index is 12.9. The van der Waals surface area contributed by atoms with Crippen molar-refractivity contribution in [3.63, 3.8) is 0 Å². The molecule has 4 rings (SSSR count). The molecular formula is C22H23N5O4. The number of carbonyl (C=O) groups is 2. The lowest BCUT2D eigenvalue weighted by Crippen LogP contribution is -2.47. The number of rotatable bonds is 4. The van der Waals surface area contributed by atoms with Crippen LogP contribution in [-0.2, 0) is 11.3 Å². The smallest absolute Gasteiger partial charge is 0.412 e. The second kappa shape index (κ2) is 8.97. The van der Waals surface area contributed by atoms with Gasteiger partial charge in [-0.3, -0.25) is 19.3 Å². The third-order valence-corrected chi connectivity index (χ3v) is 5.19. The Balaban J connectivity index is 1.50. The maximum atomic E-state index is 12.9. The van der Waals surface area contributed by atoms with Crippen LogP contribution in [-0.4, -0.2) is 64.4 Å². The van der Waals surface area contributed by atoms with Gasteiger partial charge in [0.1, 0.15) is 17.9 Å². The fourth-order valence-electron chi connectivity index (χ4n) is 3.35. The standard InChI is InChI=1S/C22H23N5O4/c1-25-9-11-26(12-10-25)20(28)17-7-8-19-23-13-18(21(29)27(19)14-17)24-22(30)31-15-16-5-3-2-4-6-16/h2-8,13-14H,9-12,15H2,1H3,(H,24,30). The molecule has 0 spiro atoms. The molecule has 0 aliphatic carbocycles. The van der Waals surface area contributed by atoms with Crippen molar-refractivity contribution in [1.29, 1.82) is 0 Å². The van der Waals surface area contributed by atoms with Crippen LogP contribution in [0.1, 0.15) is 15.9 Å². The van der Waals surface area contributed by atoms with Crippen molar-refractivity contribution in [2.45, 2.75) is 6.61 Å². The molecule has 2 amide bonds. The highest BCUT2D eigenvalue weighted by molar-refractivity contribution is 5.94. The van der Waals surface area contributed by atoms with E-state index in [2.05, 4.69) is 15.2 Å². The highest BCUT2D eigenvalue weighted by Crippen LogP contribution is 2.11. The number of likely N-dealkylation sites (N-methyl/N-ethyl adjacent to an activating group) is 1. The first-order valence-electron chi connectivity index (χ1n) is 9.98. The summed E-state index contributed by atoms with van der Waals surface area (Å²) in [4.78, 5) is 45.9. The van der Waals surface area contributed by atoms with Gasteiger partial charge in [0.25, 0.3) is 11.5 Å². The number of nitrogens with zero attached hydrogens (tertiary/aromatic N) is 4. The van der Waals surface area contributed by atoms with Crippen molar-refractivity contribution in [1.82, 2.24) is 19.2 Å². The Bertz CT molecular complexity index is 1150. The Morgan fingerprint density at radius 1 is 1.06 bits per heavy atom. The number of nitrogens with one attached hydrogen (secondary N) is 1. The van der Waals surface area contributed by atoms with E-state index in [-0.39, 0.29) is 18.2 Å². The third kappa shape index (κ3) is 4.72. The highest BCUT2D eigenvalue weighted by atomic mass is 16.5. The van der Waals surface area contributed by atoms with E-state index in [9.17, 15) is 14.4 Å². The van der Waals surface area contributed by atoms with Gasteiger partial charge in [-0.05, 0) is 24.7 Å². The Morgan fingerprint density at radius 3 is 2.55 bits per heavy atom. The van der Waals surface area contributed by atoms with Crippen molar-refractivity contribution >= 4 is 23.3 Å². The lowest BCUT2D eigenvalue weighted by atomic mass is 10.2. The quantitative estimate of drug-likeness (QED) is 0.691. The van der Waals surface area contributed by atoms with Gasteiger partial charge >= 0.3 is 6.09 Å². The van der Waals surface area contributed by atoms with Crippen LogP contribution in [0.2, 0.25) is 0 Å². The molecule has 1 aliphatic rings. The number of aromatic nitrogens is 2. The normalized spacial score (nSPS) is 14.4. The number of carbonyl (C=O) groups excluding carboxylic acids is 2. The van der Waals surface area contributed by atoms with Crippen molar-refractivity contribution in [2.24, 2.45) is 0 Å². The van der Waals surface area contributed by atoms with Crippen molar-refractivity contribution in [2.75, 3.05) is 38.5 Å². The van der Waals surface area contributed by atoms with Gasteiger partial charge in [0.05, 0.1) is 11.8 Å². The summed E-state index contributed by atoms with van der Waals surface area (Å²) in [6.45, 7) is 2.96. The van der Waals surface area contributed by atoms with Crippen LogP contribution in [0.5, 0.6) is 0 Å². The number of ether oxygens (including phenoxy) is 1. The van der Waals surface area contributed by atoms with E-state index in [0.717, 1.165) is 18.7 Å². The highest BCUT2D eigenvalue weighted by Gasteiger charge is 2.21. The molecule has 1 saturated heterocycles. The summed E-state index contributed by atoms with van der Waals surface area (Å²) in [5.74, 6) is -0.137. The van der Waals surface area contributed by atoms with Gasteiger partial charge < -0.3 is 14.5 Å². The van der Waals surface area contributed by atoms with E-state index in [4.69, 9.17) is 4.74 Å². The zero-order chi connectivity index (χ0) is 21.8. The molecule has 2 aromatic heterocycles. The number of piperazine rings is 1. The number of fused-ring (bicyclic) bond motifs is 1. The molecule has 0 bridgehead atoms. The van der Waals surface area contributed by atoms with Gasteiger partial charge in [-0.15, -0.1) is 0 Å². The molecule has 1 fully saturated rings. The van der Waals surface area contributed by atoms with E-state index in [0.29, 0.717) is 24.3 Å². The molecule has 3 heterocycles. The zero-order valence-corrected chi connectivity index (χ0v) is 17.2. The molecule has 1 aliphatic heterocycles. The Hall–Kier alpha value is -3.72. The maximum Gasteiger partial charge on any atom is 0.412 e.